The van der Waals surface area contributed by atoms with Crippen LogP contribution in [0.25, 0.3) is 43.7 Å². The third kappa shape index (κ3) is 18.1. The number of carboxylic acids is 2. The fourth-order valence-corrected chi connectivity index (χ4v) is 13.2. The van der Waals surface area contributed by atoms with Crippen LogP contribution >= 0.6 is 33.2 Å². The number of nitrogens with two attached hydrogens (primary N) is 2. The summed E-state index contributed by atoms with van der Waals surface area (Å²) in [5.41, 5.74) is 17.1. The summed E-state index contributed by atoms with van der Waals surface area (Å²) in [5.74, 6) is -7.49. The Labute approximate surface area is 562 Å². The first-order valence-corrected chi connectivity index (χ1v) is 33.0. The van der Waals surface area contributed by atoms with Gasteiger partial charge in [0.05, 0.1) is 42.5 Å². The number of phenols is 1. The average Bonchev–Trinajstić information content (AvgIpc) is 1.62. The van der Waals surface area contributed by atoms with Crippen LogP contribution in [0.2, 0.25) is 0 Å². The molecule has 1 aliphatic rings. The smallest absolute Gasteiger partial charge is 0.373 e. The molecule has 5 amide bonds. The number of hydrogen-bond acceptors (Lipinski definition) is 21. The van der Waals surface area contributed by atoms with Crippen molar-refractivity contribution in [1.82, 2.24) is 40.5 Å². The summed E-state index contributed by atoms with van der Waals surface area (Å²) in [6.45, 7) is 0.728. The summed E-state index contributed by atoms with van der Waals surface area (Å²) in [6, 6.07) is 26.5. The maximum absolute atomic E-state index is 14.0. The summed E-state index contributed by atoms with van der Waals surface area (Å²) in [4.78, 5) is 167. The molecule has 502 valence electrons. The lowest BCUT2D eigenvalue weighted by Gasteiger charge is -2.20. The van der Waals surface area contributed by atoms with Crippen LogP contribution < -0.4 is 48.5 Å². The van der Waals surface area contributed by atoms with Crippen LogP contribution in [-0.2, 0) is 44.9 Å². The van der Waals surface area contributed by atoms with Gasteiger partial charge < -0.3 is 68.2 Å². The number of hydrogen-bond donors (Lipinski definition) is 13. The van der Waals surface area contributed by atoms with Gasteiger partial charge in [-0.15, -0.1) is 11.6 Å². The number of carbonyl (C=O) groups is 9. The average molecular weight is 1380 g/mol. The van der Waals surface area contributed by atoms with Crippen molar-refractivity contribution in [2.75, 3.05) is 57.1 Å². The van der Waals surface area contributed by atoms with Gasteiger partial charge in [-0.2, -0.15) is 14.6 Å². The number of nitrogens with zero attached hydrogens (tertiary/aromatic N) is 4. The molecule has 32 heteroatoms. The van der Waals surface area contributed by atoms with Gasteiger partial charge in [0.15, 0.2) is 11.2 Å². The number of aromatic nitrogens is 6. The highest BCUT2D eigenvalue weighted by atomic mass is 35.5. The molecule has 0 saturated carbocycles. The van der Waals surface area contributed by atoms with Crippen molar-refractivity contribution < 1.29 is 68.1 Å². The maximum atomic E-state index is 14.0. The van der Waals surface area contributed by atoms with Crippen LogP contribution in [0.3, 0.4) is 0 Å². The standard InChI is InChI=1S/C64H63ClN14O13S2.CO2/c65-27-36-30-79(50-26-51(81)42-5-1-2-6-43(42)55(36)50)62(90)48-23-34-21-39(12-16-46(34)75-48)73-60(88)47-22-33-20-38(11-15-45(33)74-47)71-53(83)17-19-93-94-31-49(63(91)92)76-59(87)35(25-54(84)85)24-52(82)44(66)14-13-41(80)4-3-18-68-58(86)32-7-9-37(10-8-32)69-28-40-29-70-57-56(72-40)61(89)78-64(67)77-57;2-1-3/h1-2,5-12,15-16,20-23,26,29,35-36,44,49,69,74-75,81H,3-4,13-14,17-19,24-25,27-28,30-31,66H2,(H,68,86)(H,71,83)(H,73,88)(H,76,87)(H,84,85)(H,91,92)(H3,67,70,77,78,89);. The number of nitrogen functional groups attached to an aromatic ring is 1. The predicted octanol–water partition coefficient (Wildman–Crippen LogP) is 6.60. The van der Waals surface area contributed by atoms with Gasteiger partial charge in [0, 0.05) is 118 Å². The van der Waals surface area contributed by atoms with E-state index in [1.165, 1.54) is 17.0 Å². The highest BCUT2D eigenvalue weighted by Gasteiger charge is 2.36. The number of aromatic hydroxyl groups is 1. The van der Waals surface area contributed by atoms with Gasteiger partial charge in [-0.3, -0.25) is 48.1 Å². The number of carboxylic acid groups (broad SMARTS) is 2. The lowest BCUT2D eigenvalue weighted by Crippen LogP contribution is -2.46. The van der Waals surface area contributed by atoms with Crippen LogP contribution in [0, 0.1) is 5.92 Å². The molecule has 15 N–H and O–H groups in total. The van der Waals surface area contributed by atoms with Gasteiger partial charge in [0.2, 0.25) is 17.8 Å². The van der Waals surface area contributed by atoms with Gasteiger partial charge in [-0.05, 0) is 96.6 Å². The third-order valence-electron chi connectivity index (χ3n) is 15.6. The van der Waals surface area contributed by atoms with Gasteiger partial charge in [-0.25, -0.2) is 14.8 Å². The quantitative estimate of drug-likeness (QED) is 0.0128. The van der Waals surface area contributed by atoms with E-state index < -0.39 is 65.9 Å². The number of alkyl halides is 1. The van der Waals surface area contributed by atoms with Crippen LogP contribution in [0.15, 0.2) is 114 Å². The zero-order chi connectivity index (χ0) is 69.4. The first-order valence-electron chi connectivity index (χ1n) is 30.0. The Bertz CT molecular complexity index is 4620. The van der Waals surface area contributed by atoms with Crippen LogP contribution in [0.1, 0.15) is 93.5 Å². The van der Waals surface area contributed by atoms with Crippen molar-refractivity contribution in [1.29, 1.82) is 0 Å². The molecule has 5 heterocycles. The highest BCUT2D eigenvalue weighted by Crippen LogP contribution is 2.46. The topological polar surface area (TPSA) is 467 Å². The molecular weight excluding hydrogens is 1320 g/mol. The summed E-state index contributed by atoms with van der Waals surface area (Å²) < 4.78 is 0. The molecule has 29 nitrogen and oxygen atoms in total. The molecule has 0 bridgehead atoms. The Kier molecular flexibility index (Phi) is 23.5. The van der Waals surface area contributed by atoms with E-state index in [9.17, 15) is 63.3 Å². The summed E-state index contributed by atoms with van der Waals surface area (Å²) in [5, 5.41) is 47.1. The van der Waals surface area contributed by atoms with Gasteiger partial charge in [-0.1, -0.05) is 45.9 Å². The Morgan fingerprint density at radius 1 is 0.773 bits per heavy atom. The van der Waals surface area contributed by atoms with Crippen LogP contribution in [-0.4, -0.2) is 147 Å². The molecule has 9 aromatic rings. The van der Waals surface area contributed by atoms with E-state index in [0.29, 0.717) is 73.4 Å². The molecule has 1 aliphatic heterocycles. The number of fused-ring (bicyclic) bond motifs is 6. The largest absolute Gasteiger partial charge is 0.507 e. The molecule has 4 unspecified atom stereocenters. The van der Waals surface area contributed by atoms with Gasteiger partial charge in [0.25, 0.3) is 23.3 Å². The summed E-state index contributed by atoms with van der Waals surface area (Å²) in [6.07, 6.45) is 0.458. The van der Waals surface area contributed by atoms with E-state index >= 15 is 0 Å². The number of nitrogens with one attached hydrogen (secondary N) is 8. The minimum absolute atomic E-state index is 0.0168. The number of Topliss-reactive ketones (excluding diaryl/α,β-unsaturated/α-hetero) is 2. The monoisotopic (exact) mass is 1380 g/mol. The number of ketones is 2. The second-order valence-corrected chi connectivity index (χ2v) is 25.3. The van der Waals surface area contributed by atoms with Crippen LogP contribution in [0.5, 0.6) is 5.75 Å². The Hall–Kier alpha value is -11.0. The first-order chi connectivity index (χ1) is 46.6. The van der Waals surface area contributed by atoms with Crippen molar-refractivity contribution >= 4 is 165 Å². The molecular formula is C65H63ClN14O15S2. The molecule has 0 saturated heterocycles. The minimum atomic E-state index is -1.48. The Balaban J connectivity index is 0.00000361. The van der Waals surface area contributed by atoms with Gasteiger partial charge >= 0.3 is 18.1 Å². The van der Waals surface area contributed by atoms with Gasteiger partial charge in [0.1, 0.15) is 34.7 Å². The first kappa shape index (κ1) is 70.3. The number of amides is 5. The van der Waals surface area contributed by atoms with Crippen molar-refractivity contribution in [2.45, 2.75) is 69.5 Å². The number of aliphatic carboxylic acids is 2. The Morgan fingerprint density at radius 2 is 1.44 bits per heavy atom. The van der Waals surface area contributed by atoms with E-state index in [-0.39, 0.29) is 127 Å². The third-order valence-corrected chi connectivity index (χ3v) is 18.4. The fourth-order valence-electron chi connectivity index (χ4n) is 10.8. The van der Waals surface area contributed by atoms with Crippen LogP contribution in [0.4, 0.5) is 28.7 Å². The number of rotatable bonds is 30. The molecule has 5 aromatic carbocycles. The normalized spacial score (nSPS) is 13.3. The fraction of sp³-hybridized carbons (Fsp3) is 0.262. The number of anilines is 5. The maximum Gasteiger partial charge on any atom is 0.373 e. The second-order valence-electron chi connectivity index (χ2n) is 22.4. The molecule has 0 aliphatic carbocycles. The molecule has 4 atom stereocenters. The minimum Gasteiger partial charge on any atom is -0.507 e. The molecule has 0 radical (unpaired) electrons. The lowest BCUT2D eigenvalue weighted by atomic mass is 9.92. The summed E-state index contributed by atoms with van der Waals surface area (Å²) >= 11 is 6.41. The van der Waals surface area contributed by atoms with E-state index in [1.807, 2.05) is 24.3 Å². The predicted molar refractivity (Wildman–Crippen MR) is 363 cm³/mol. The van der Waals surface area contributed by atoms with E-state index in [1.54, 1.807) is 83.8 Å². The number of H-pyrrole nitrogens is 3. The molecule has 97 heavy (non-hydrogen) atoms. The zero-order valence-electron chi connectivity index (χ0n) is 51.3. The number of carbonyl (C=O) groups excluding carboxylic acids is 9. The van der Waals surface area contributed by atoms with E-state index in [4.69, 9.17) is 32.7 Å². The molecule has 10 rings (SSSR count). The van der Waals surface area contributed by atoms with Crippen molar-refractivity contribution in [3.8, 4) is 5.75 Å². The Morgan fingerprint density at radius 3 is 2.13 bits per heavy atom. The highest BCUT2D eigenvalue weighted by molar-refractivity contribution is 8.76. The van der Waals surface area contributed by atoms with Crippen molar-refractivity contribution in [3.05, 3.63) is 148 Å². The second kappa shape index (κ2) is 32.4. The number of phenolic OH excluding ortho intramolecular Hbond substituents is 1. The zero-order valence-corrected chi connectivity index (χ0v) is 53.7. The number of benzene rings is 5. The van der Waals surface area contributed by atoms with Crippen molar-refractivity contribution in [3.63, 3.8) is 0 Å². The lowest BCUT2D eigenvalue weighted by molar-refractivity contribution is -0.192. The molecule has 0 fully saturated rings. The molecule has 0 spiro atoms. The van der Waals surface area contributed by atoms with E-state index in [2.05, 4.69) is 56.5 Å². The molecule has 4 aromatic heterocycles. The van der Waals surface area contributed by atoms with Crippen molar-refractivity contribution in [2.24, 2.45) is 11.7 Å². The SMILES string of the molecule is Nc1nc2ncc(CNc3ccc(C(=O)NCCCC(=O)CCC(N)C(=O)CC(CC(=O)O)C(=O)NC(CSSCCC(=O)Nc4ccc5[nH]c(C(=O)Nc6ccc7[nH]c(C(=O)N8CC(CCl)c9c8cc(O)c8ccccc98)cc7c6)cc5c4)C(=O)O)cc3)nc2c(=O)[nH]1.O=C=O. The number of aromatic amines is 3. The summed E-state index contributed by atoms with van der Waals surface area (Å²) in [7, 11) is 2.22. The van der Waals surface area contributed by atoms with E-state index in [0.717, 1.165) is 21.7 Å². The number of halogens is 1.